The van der Waals surface area contributed by atoms with Crippen molar-refractivity contribution in [3.05, 3.63) is 52.9 Å². The van der Waals surface area contributed by atoms with E-state index >= 15 is 0 Å². The summed E-state index contributed by atoms with van der Waals surface area (Å²) in [6, 6.07) is 5.78. The number of nitrogens with zero attached hydrogens (tertiary/aromatic N) is 3. The van der Waals surface area contributed by atoms with Crippen LogP contribution in [0, 0.1) is 11.8 Å². The van der Waals surface area contributed by atoms with Crippen molar-refractivity contribution in [1.29, 1.82) is 0 Å². The maximum atomic E-state index is 10.6. The summed E-state index contributed by atoms with van der Waals surface area (Å²) in [5.41, 5.74) is 2.33. The molecule has 1 aromatic carbocycles. The van der Waals surface area contributed by atoms with Crippen LogP contribution in [0.5, 0.6) is 5.75 Å². The highest BCUT2D eigenvalue weighted by Crippen LogP contribution is 2.38. The molecule has 2 fully saturated rings. The fraction of sp³-hybridized carbons (Fsp3) is 0.455. The third kappa shape index (κ3) is 4.10. The molecule has 0 unspecified atom stereocenters. The Kier molecular flexibility index (Phi) is 5.16. The zero-order valence-electron chi connectivity index (χ0n) is 16.2. The number of aromatic nitrogens is 2. The summed E-state index contributed by atoms with van der Waals surface area (Å²) in [6.45, 7) is 3.60. The van der Waals surface area contributed by atoms with Gasteiger partial charge < -0.3 is 15.2 Å². The van der Waals surface area contributed by atoms with Gasteiger partial charge in [-0.05, 0) is 54.5 Å². The molecule has 2 aromatic rings. The minimum atomic E-state index is -0.357. The van der Waals surface area contributed by atoms with Crippen LogP contribution in [0.25, 0.3) is 6.08 Å². The molecule has 6 nitrogen and oxygen atoms in total. The van der Waals surface area contributed by atoms with Crippen molar-refractivity contribution in [1.82, 2.24) is 14.9 Å². The van der Waals surface area contributed by atoms with Crippen LogP contribution in [0.2, 0.25) is 5.02 Å². The average molecular weight is 413 g/mol. The van der Waals surface area contributed by atoms with Crippen LogP contribution in [0.3, 0.4) is 0 Å². The molecule has 0 amide bonds. The van der Waals surface area contributed by atoms with Crippen molar-refractivity contribution >= 4 is 23.5 Å². The van der Waals surface area contributed by atoms with E-state index in [1.807, 2.05) is 18.2 Å². The molecule has 0 radical (unpaired) electrons. The smallest absolute Gasteiger partial charge is 0.144 e. The molecule has 0 bridgehead atoms. The lowest BCUT2D eigenvalue weighted by molar-refractivity contribution is 0.0735. The quantitative estimate of drug-likeness (QED) is 0.804. The van der Waals surface area contributed by atoms with E-state index in [1.54, 1.807) is 18.6 Å². The molecular formula is C22H25ClN4O2. The van der Waals surface area contributed by atoms with Crippen LogP contribution >= 0.6 is 11.6 Å². The highest BCUT2D eigenvalue weighted by atomic mass is 35.5. The maximum Gasteiger partial charge on any atom is 0.144 e. The average Bonchev–Trinajstić information content (AvgIpc) is 3.09. The second-order valence-electron chi connectivity index (χ2n) is 8.37. The Morgan fingerprint density at radius 1 is 1.21 bits per heavy atom. The van der Waals surface area contributed by atoms with Crippen LogP contribution in [0.1, 0.15) is 18.4 Å². The summed E-state index contributed by atoms with van der Waals surface area (Å²) >= 11 is 6.13. The zero-order valence-corrected chi connectivity index (χ0v) is 16.9. The number of halogens is 1. The molecule has 1 aromatic heterocycles. The van der Waals surface area contributed by atoms with Gasteiger partial charge in [0.25, 0.3) is 0 Å². The molecule has 1 saturated carbocycles. The van der Waals surface area contributed by atoms with Gasteiger partial charge in [0.2, 0.25) is 0 Å². The standard InChI is InChI=1S/C22H25ClN4O2/c23-18-1-2-21-15(6-18)5-14(13-29-21)10-27-11-16-7-19(20(28)8-17(16)12-27)26-22-9-24-3-4-25-22/h1-6,9,16-17,19-20,28H,7-8,10-13H2,(H,25,26)/t16-,17+,19-,20-/m1/s1. The topological polar surface area (TPSA) is 70.5 Å². The molecule has 3 heterocycles. The molecule has 1 aliphatic carbocycles. The molecule has 29 heavy (non-hydrogen) atoms. The van der Waals surface area contributed by atoms with Gasteiger partial charge >= 0.3 is 0 Å². The van der Waals surface area contributed by atoms with Crippen LogP contribution in [-0.4, -0.2) is 58.4 Å². The van der Waals surface area contributed by atoms with E-state index in [9.17, 15) is 5.11 Å². The van der Waals surface area contributed by atoms with Crippen LogP contribution in [0.4, 0.5) is 5.82 Å². The predicted octanol–water partition coefficient (Wildman–Crippen LogP) is 3.09. The van der Waals surface area contributed by atoms with Crippen molar-refractivity contribution in [2.75, 3.05) is 31.6 Å². The van der Waals surface area contributed by atoms with Crippen LogP contribution in [0.15, 0.2) is 42.4 Å². The van der Waals surface area contributed by atoms with E-state index in [2.05, 4.69) is 26.3 Å². The first kappa shape index (κ1) is 18.9. The Labute approximate surface area is 175 Å². The summed E-state index contributed by atoms with van der Waals surface area (Å²) in [4.78, 5) is 10.9. The number of likely N-dealkylation sites (tertiary alicyclic amines) is 1. The molecular weight excluding hydrogens is 388 g/mol. The zero-order chi connectivity index (χ0) is 19.8. The first-order valence-electron chi connectivity index (χ1n) is 10.2. The largest absolute Gasteiger partial charge is 0.489 e. The SMILES string of the molecule is O[C@@H]1C[C@H]2CN(CC3=Cc4cc(Cl)ccc4OC3)C[C@H]2C[C@H]1Nc1cnccn1. The first-order chi connectivity index (χ1) is 14.1. The summed E-state index contributed by atoms with van der Waals surface area (Å²) in [5, 5.41) is 14.7. The second kappa shape index (κ2) is 7.94. The van der Waals surface area contributed by atoms with Gasteiger partial charge in [-0.2, -0.15) is 0 Å². The Bertz CT molecular complexity index is 907. The van der Waals surface area contributed by atoms with E-state index < -0.39 is 0 Å². The van der Waals surface area contributed by atoms with Crippen molar-refractivity contribution < 1.29 is 9.84 Å². The van der Waals surface area contributed by atoms with Gasteiger partial charge in [-0.15, -0.1) is 0 Å². The fourth-order valence-corrected chi connectivity index (χ4v) is 5.13. The summed E-state index contributed by atoms with van der Waals surface area (Å²) in [6.07, 6.45) is 8.66. The molecule has 5 rings (SSSR count). The lowest BCUT2D eigenvalue weighted by Gasteiger charge is -2.35. The highest BCUT2D eigenvalue weighted by Gasteiger charge is 2.41. The molecule has 2 N–H and O–H groups in total. The van der Waals surface area contributed by atoms with Crippen molar-refractivity contribution in [3.8, 4) is 5.75 Å². The normalized spacial score (nSPS) is 28.8. The second-order valence-corrected chi connectivity index (χ2v) is 8.80. The molecule has 2 aliphatic heterocycles. The van der Waals surface area contributed by atoms with E-state index in [-0.39, 0.29) is 12.1 Å². The Morgan fingerprint density at radius 2 is 2.07 bits per heavy atom. The van der Waals surface area contributed by atoms with Gasteiger partial charge in [0.05, 0.1) is 18.3 Å². The summed E-state index contributed by atoms with van der Waals surface area (Å²) in [5.74, 6) is 2.75. The lowest BCUT2D eigenvalue weighted by atomic mass is 9.77. The van der Waals surface area contributed by atoms with E-state index in [0.717, 1.165) is 54.6 Å². The Hall–Kier alpha value is -2.15. The summed E-state index contributed by atoms with van der Waals surface area (Å²) < 4.78 is 5.90. The molecule has 152 valence electrons. The fourth-order valence-electron chi connectivity index (χ4n) is 4.95. The molecule has 0 spiro atoms. The molecule has 4 atom stereocenters. The van der Waals surface area contributed by atoms with Crippen molar-refractivity contribution in [3.63, 3.8) is 0 Å². The number of benzene rings is 1. The van der Waals surface area contributed by atoms with Crippen LogP contribution in [-0.2, 0) is 0 Å². The van der Waals surface area contributed by atoms with E-state index in [4.69, 9.17) is 16.3 Å². The van der Waals surface area contributed by atoms with Gasteiger partial charge in [0.1, 0.15) is 18.2 Å². The maximum absolute atomic E-state index is 10.6. The number of hydrogen-bond acceptors (Lipinski definition) is 6. The number of ether oxygens (including phenoxy) is 1. The third-order valence-corrected chi connectivity index (χ3v) is 6.52. The molecule has 1 saturated heterocycles. The van der Waals surface area contributed by atoms with E-state index in [0.29, 0.717) is 18.4 Å². The number of aliphatic hydroxyl groups excluding tert-OH is 1. The minimum Gasteiger partial charge on any atom is -0.489 e. The summed E-state index contributed by atoms with van der Waals surface area (Å²) in [7, 11) is 0. The third-order valence-electron chi connectivity index (χ3n) is 6.29. The molecule has 3 aliphatic rings. The number of anilines is 1. The monoisotopic (exact) mass is 412 g/mol. The lowest BCUT2D eigenvalue weighted by Crippen LogP contribution is -2.43. The Morgan fingerprint density at radius 3 is 2.90 bits per heavy atom. The highest BCUT2D eigenvalue weighted by molar-refractivity contribution is 6.30. The van der Waals surface area contributed by atoms with E-state index in [1.165, 1.54) is 5.57 Å². The van der Waals surface area contributed by atoms with Gasteiger partial charge in [-0.3, -0.25) is 9.88 Å². The first-order valence-corrected chi connectivity index (χ1v) is 10.6. The van der Waals surface area contributed by atoms with Gasteiger partial charge in [0.15, 0.2) is 0 Å². The van der Waals surface area contributed by atoms with Gasteiger partial charge in [0, 0.05) is 42.6 Å². The predicted molar refractivity (Wildman–Crippen MR) is 113 cm³/mol. The van der Waals surface area contributed by atoms with Gasteiger partial charge in [-0.25, -0.2) is 4.98 Å². The van der Waals surface area contributed by atoms with Crippen molar-refractivity contribution in [2.45, 2.75) is 25.0 Å². The number of aliphatic hydroxyl groups is 1. The Balaban J connectivity index is 1.22. The number of rotatable bonds is 4. The van der Waals surface area contributed by atoms with Gasteiger partial charge in [-0.1, -0.05) is 11.6 Å². The minimum absolute atomic E-state index is 0.0270. The number of hydrogen-bond donors (Lipinski definition) is 2. The van der Waals surface area contributed by atoms with Crippen molar-refractivity contribution in [2.24, 2.45) is 11.8 Å². The number of nitrogens with one attached hydrogen (secondary N) is 1. The number of fused-ring (bicyclic) bond motifs is 2. The van der Waals surface area contributed by atoms with Crippen LogP contribution < -0.4 is 10.1 Å². The molecule has 7 heteroatoms.